The number of likely N-dealkylation sites (tertiary alicyclic amines) is 1. The molecule has 0 aromatic heterocycles. The first-order valence-electron chi connectivity index (χ1n) is 8.53. The van der Waals surface area contributed by atoms with Crippen LogP contribution in [0, 0.1) is 17.6 Å². The molecule has 136 valence electrons. The molecule has 1 fully saturated rings. The SMILES string of the molecule is CNCC1CCN(CC(c2ccc(F)cc2)c2ccc(F)cc2)C1.Cl. The fraction of sp³-hybridized carbons (Fsp3) is 0.400. The number of nitrogens with one attached hydrogen (secondary N) is 1. The van der Waals surface area contributed by atoms with Gasteiger partial charge in [0.2, 0.25) is 0 Å². The van der Waals surface area contributed by atoms with Crippen molar-refractivity contribution in [3.05, 3.63) is 71.3 Å². The molecule has 2 aromatic rings. The second-order valence-electron chi connectivity index (χ2n) is 6.63. The van der Waals surface area contributed by atoms with Gasteiger partial charge < -0.3 is 10.2 Å². The van der Waals surface area contributed by atoms with Crippen molar-refractivity contribution in [3.63, 3.8) is 0 Å². The summed E-state index contributed by atoms with van der Waals surface area (Å²) in [6.07, 6.45) is 1.19. The monoisotopic (exact) mass is 366 g/mol. The van der Waals surface area contributed by atoms with Gasteiger partial charge in [0.25, 0.3) is 0 Å². The van der Waals surface area contributed by atoms with Crippen LogP contribution < -0.4 is 5.32 Å². The molecule has 2 aromatic carbocycles. The number of nitrogens with zero attached hydrogens (tertiary/aromatic N) is 1. The summed E-state index contributed by atoms with van der Waals surface area (Å²) < 4.78 is 26.6. The molecule has 0 spiro atoms. The van der Waals surface area contributed by atoms with Gasteiger partial charge in [-0.2, -0.15) is 0 Å². The smallest absolute Gasteiger partial charge is 0.123 e. The van der Waals surface area contributed by atoms with Gasteiger partial charge in [-0.25, -0.2) is 8.78 Å². The van der Waals surface area contributed by atoms with E-state index in [2.05, 4.69) is 10.2 Å². The second kappa shape index (κ2) is 9.27. The molecular weight excluding hydrogens is 342 g/mol. The number of benzene rings is 2. The maximum atomic E-state index is 13.3. The van der Waals surface area contributed by atoms with E-state index in [4.69, 9.17) is 0 Å². The number of hydrogen-bond donors (Lipinski definition) is 1. The molecular formula is C20H25ClF2N2. The van der Waals surface area contributed by atoms with E-state index < -0.39 is 0 Å². The molecule has 0 amide bonds. The lowest BCUT2D eigenvalue weighted by molar-refractivity contribution is 0.312. The largest absolute Gasteiger partial charge is 0.319 e. The van der Waals surface area contributed by atoms with E-state index in [1.165, 1.54) is 30.7 Å². The van der Waals surface area contributed by atoms with E-state index in [-0.39, 0.29) is 30.0 Å². The Labute approximate surface area is 154 Å². The summed E-state index contributed by atoms with van der Waals surface area (Å²) in [5, 5.41) is 3.25. The minimum absolute atomic E-state index is 0. The molecule has 1 N–H and O–H groups in total. The van der Waals surface area contributed by atoms with Gasteiger partial charge in [0.1, 0.15) is 11.6 Å². The maximum Gasteiger partial charge on any atom is 0.123 e. The average molecular weight is 367 g/mol. The lowest BCUT2D eigenvalue weighted by atomic mass is 9.90. The van der Waals surface area contributed by atoms with Crippen LogP contribution >= 0.6 is 12.4 Å². The van der Waals surface area contributed by atoms with E-state index in [1.54, 1.807) is 0 Å². The van der Waals surface area contributed by atoms with Gasteiger partial charge in [-0.1, -0.05) is 24.3 Å². The summed E-state index contributed by atoms with van der Waals surface area (Å²) in [4.78, 5) is 2.46. The molecule has 5 heteroatoms. The molecule has 1 aliphatic rings. The third-order valence-electron chi connectivity index (χ3n) is 4.85. The highest BCUT2D eigenvalue weighted by molar-refractivity contribution is 5.85. The molecule has 0 radical (unpaired) electrons. The topological polar surface area (TPSA) is 15.3 Å². The van der Waals surface area contributed by atoms with Crippen LogP contribution in [0.5, 0.6) is 0 Å². The minimum atomic E-state index is -0.230. The summed E-state index contributed by atoms with van der Waals surface area (Å²) >= 11 is 0. The van der Waals surface area contributed by atoms with Crippen molar-refractivity contribution < 1.29 is 8.78 Å². The van der Waals surface area contributed by atoms with Crippen LogP contribution in [0.3, 0.4) is 0 Å². The van der Waals surface area contributed by atoms with Gasteiger partial charge in [0.15, 0.2) is 0 Å². The molecule has 25 heavy (non-hydrogen) atoms. The standard InChI is InChI=1S/C20H24F2N2.ClH/c1-23-12-15-10-11-24(13-15)14-20(16-2-6-18(21)7-3-16)17-4-8-19(22)9-5-17;/h2-9,15,20,23H,10-14H2,1H3;1H. The Morgan fingerprint density at radius 2 is 1.52 bits per heavy atom. The van der Waals surface area contributed by atoms with Crippen molar-refractivity contribution in [2.45, 2.75) is 12.3 Å². The Morgan fingerprint density at radius 1 is 1.00 bits per heavy atom. The van der Waals surface area contributed by atoms with E-state index >= 15 is 0 Å². The first kappa shape index (κ1) is 19.8. The fourth-order valence-corrected chi connectivity index (χ4v) is 3.59. The Bertz CT molecular complexity index is 600. The number of halogens is 3. The highest BCUT2D eigenvalue weighted by atomic mass is 35.5. The van der Waals surface area contributed by atoms with Gasteiger partial charge >= 0.3 is 0 Å². The van der Waals surface area contributed by atoms with E-state index in [1.807, 2.05) is 31.3 Å². The van der Waals surface area contributed by atoms with Crippen molar-refractivity contribution in [2.24, 2.45) is 5.92 Å². The van der Waals surface area contributed by atoms with Crippen molar-refractivity contribution in [2.75, 3.05) is 33.2 Å². The van der Waals surface area contributed by atoms with Crippen LogP contribution in [0.1, 0.15) is 23.5 Å². The molecule has 3 rings (SSSR count). The molecule has 1 atom stereocenters. The predicted octanol–water partition coefficient (Wildman–Crippen LogP) is 4.06. The third kappa shape index (κ3) is 5.24. The first-order valence-corrected chi connectivity index (χ1v) is 8.53. The molecule has 1 saturated heterocycles. The number of rotatable bonds is 6. The highest BCUT2D eigenvalue weighted by Crippen LogP contribution is 2.28. The fourth-order valence-electron chi connectivity index (χ4n) is 3.59. The lowest BCUT2D eigenvalue weighted by Gasteiger charge is -2.25. The summed E-state index contributed by atoms with van der Waals surface area (Å²) in [5.41, 5.74) is 2.14. The Hall–Kier alpha value is -1.49. The van der Waals surface area contributed by atoms with Gasteiger partial charge in [0, 0.05) is 19.0 Å². The van der Waals surface area contributed by atoms with Gasteiger partial charge in [-0.05, 0) is 67.9 Å². The van der Waals surface area contributed by atoms with Crippen LogP contribution in [0.15, 0.2) is 48.5 Å². The summed E-state index contributed by atoms with van der Waals surface area (Å²) in [6.45, 7) is 4.05. The Morgan fingerprint density at radius 3 is 2.00 bits per heavy atom. The lowest BCUT2D eigenvalue weighted by Crippen LogP contribution is -2.29. The van der Waals surface area contributed by atoms with Crippen LogP contribution in [-0.2, 0) is 0 Å². The molecule has 1 unspecified atom stereocenters. The summed E-state index contributed by atoms with van der Waals surface area (Å²) in [6, 6.07) is 13.3. The molecule has 0 bridgehead atoms. The Balaban J connectivity index is 0.00000225. The maximum absolute atomic E-state index is 13.3. The van der Waals surface area contributed by atoms with Gasteiger partial charge in [0.05, 0.1) is 0 Å². The predicted molar refractivity (Wildman–Crippen MR) is 100 cm³/mol. The summed E-state index contributed by atoms with van der Waals surface area (Å²) in [5.74, 6) is 0.343. The van der Waals surface area contributed by atoms with E-state index in [9.17, 15) is 8.78 Å². The van der Waals surface area contributed by atoms with E-state index in [0.717, 1.165) is 37.3 Å². The van der Waals surface area contributed by atoms with Crippen molar-refractivity contribution in [1.29, 1.82) is 0 Å². The average Bonchev–Trinajstić information content (AvgIpc) is 3.02. The van der Waals surface area contributed by atoms with Gasteiger partial charge in [-0.3, -0.25) is 0 Å². The van der Waals surface area contributed by atoms with Crippen LogP contribution in [0.2, 0.25) is 0 Å². The molecule has 1 heterocycles. The minimum Gasteiger partial charge on any atom is -0.319 e. The summed E-state index contributed by atoms with van der Waals surface area (Å²) in [7, 11) is 1.99. The zero-order valence-electron chi connectivity index (χ0n) is 14.4. The quantitative estimate of drug-likeness (QED) is 0.829. The van der Waals surface area contributed by atoms with E-state index in [0.29, 0.717) is 5.92 Å². The van der Waals surface area contributed by atoms with Gasteiger partial charge in [-0.15, -0.1) is 12.4 Å². The third-order valence-corrected chi connectivity index (χ3v) is 4.85. The van der Waals surface area contributed by atoms with Crippen molar-refractivity contribution >= 4 is 12.4 Å². The van der Waals surface area contributed by atoms with Crippen LogP contribution in [-0.4, -0.2) is 38.1 Å². The van der Waals surface area contributed by atoms with Crippen molar-refractivity contribution in [3.8, 4) is 0 Å². The second-order valence-corrected chi connectivity index (χ2v) is 6.63. The molecule has 2 nitrogen and oxygen atoms in total. The highest BCUT2D eigenvalue weighted by Gasteiger charge is 2.25. The van der Waals surface area contributed by atoms with Crippen molar-refractivity contribution in [1.82, 2.24) is 10.2 Å². The molecule has 0 saturated carbocycles. The zero-order valence-corrected chi connectivity index (χ0v) is 15.2. The molecule has 0 aliphatic carbocycles. The van der Waals surface area contributed by atoms with Crippen LogP contribution in [0.4, 0.5) is 8.78 Å². The Kier molecular flexibility index (Phi) is 7.36. The first-order chi connectivity index (χ1) is 11.7. The number of hydrogen-bond acceptors (Lipinski definition) is 2. The normalized spacial score (nSPS) is 17.7. The van der Waals surface area contributed by atoms with Crippen LogP contribution in [0.25, 0.3) is 0 Å². The zero-order chi connectivity index (χ0) is 16.9. The molecule has 1 aliphatic heterocycles.